The average molecular weight is 372 g/mol. The molecule has 2 aromatic carbocycles. The number of anilines is 3. The van der Waals surface area contributed by atoms with E-state index >= 15 is 0 Å². The standard InChI is InChI=1S/C18H20N4O5/c1-12-10-20(11-13(2)27-12)15-8-6-14(7-9-15)19-18-16(21(23)24)4-3-5-17(18)22(25)26/h3-9,12-13,19H,10-11H2,1-2H3/t12-,13+. The maximum absolute atomic E-state index is 11.2. The third-order valence-corrected chi connectivity index (χ3v) is 4.34. The van der Waals surface area contributed by atoms with Gasteiger partial charge in [-0.15, -0.1) is 0 Å². The third-order valence-electron chi connectivity index (χ3n) is 4.34. The van der Waals surface area contributed by atoms with Gasteiger partial charge in [-0.3, -0.25) is 20.2 Å². The Morgan fingerprint density at radius 3 is 1.96 bits per heavy atom. The summed E-state index contributed by atoms with van der Waals surface area (Å²) in [5.74, 6) is 0. The highest BCUT2D eigenvalue weighted by Crippen LogP contribution is 2.36. The first-order chi connectivity index (χ1) is 12.8. The van der Waals surface area contributed by atoms with E-state index in [0.29, 0.717) is 5.69 Å². The number of para-hydroxylation sites is 1. The van der Waals surface area contributed by atoms with Crippen molar-refractivity contribution in [3.8, 4) is 0 Å². The zero-order chi connectivity index (χ0) is 19.6. The zero-order valence-corrected chi connectivity index (χ0v) is 15.0. The first kappa shape index (κ1) is 18.6. The number of ether oxygens (including phenoxy) is 1. The van der Waals surface area contributed by atoms with E-state index in [1.807, 2.05) is 26.0 Å². The monoisotopic (exact) mass is 372 g/mol. The fraction of sp³-hybridized carbons (Fsp3) is 0.333. The number of hydrogen-bond donors (Lipinski definition) is 1. The lowest BCUT2D eigenvalue weighted by atomic mass is 10.1. The molecule has 2 atom stereocenters. The number of rotatable bonds is 5. The van der Waals surface area contributed by atoms with Gasteiger partial charge in [0.05, 0.1) is 22.1 Å². The number of nitro groups is 2. The number of nitrogens with one attached hydrogen (secondary N) is 1. The Labute approximate surface area is 155 Å². The van der Waals surface area contributed by atoms with Gasteiger partial charge < -0.3 is 15.0 Å². The molecule has 0 amide bonds. The Morgan fingerprint density at radius 2 is 1.48 bits per heavy atom. The number of nitrogens with zero attached hydrogens (tertiary/aromatic N) is 3. The molecule has 1 fully saturated rings. The van der Waals surface area contributed by atoms with Gasteiger partial charge in [0.1, 0.15) is 0 Å². The molecule has 0 bridgehead atoms. The summed E-state index contributed by atoms with van der Waals surface area (Å²) in [6.45, 7) is 5.58. The summed E-state index contributed by atoms with van der Waals surface area (Å²) < 4.78 is 5.73. The minimum Gasteiger partial charge on any atom is -0.372 e. The summed E-state index contributed by atoms with van der Waals surface area (Å²) in [5.41, 5.74) is 0.715. The summed E-state index contributed by atoms with van der Waals surface area (Å²) in [5, 5.41) is 25.3. The van der Waals surface area contributed by atoms with E-state index in [1.54, 1.807) is 12.1 Å². The van der Waals surface area contributed by atoms with Gasteiger partial charge in [-0.2, -0.15) is 0 Å². The van der Waals surface area contributed by atoms with Crippen molar-refractivity contribution in [2.75, 3.05) is 23.3 Å². The lowest BCUT2D eigenvalue weighted by molar-refractivity contribution is -0.392. The number of benzene rings is 2. The molecule has 0 radical (unpaired) electrons. The first-order valence-corrected chi connectivity index (χ1v) is 8.54. The number of morpholine rings is 1. The molecule has 0 spiro atoms. The van der Waals surface area contributed by atoms with Crippen molar-refractivity contribution in [3.05, 3.63) is 62.7 Å². The Balaban J connectivity index is 1.85. The maximum atomic E-state index is 11.2. The molecular formula is C18H20N4O5. The van der Waals surface area contributed by atoms with Crippen LogP contribution in [0.4, 0.5) is 28.4 Å². The second-order valence-electron chi connectivity index (χ2n) is 6.52. The van der Waals surface area contributed by atoms with Gasteiger partial charge in [0.15, 0.2) is 5.69 Å². The minimum atomic E-state index is -0.639. The molecule has 1 saturated heterocycles. The van der Waals surface area contributed by atoms with Crippen LogP contribution in [0.5, 0.6) is 0 Å². The highest BCUT2D eigenvalue weighted by atomic mass is 16.6. The van der Waals surface area contributed by atoms with Crippen molar-refractivity contribution < 1.29 is 14.6 Å². The van der Waals surface area contributed by atoms with Gasteiger partial charge in [-0.1, -0.05) is 0 Å². The number of nitro benzene ring substituents is 2. The quantitative estimate of drug-likeness (QED) is 0.626. The van der Waals surface area contributed by atoms with Gasteiger partial charge >= 0.3 is 0 Å². The molecular weight excluding hydrogens is 352 g/mol. The lowest BCUT2D eigenvalue weighted by Crippen LogP contribution is -2.45. The van der Waals surface area contributed by atoms with E-state index in [1.165, 1.54) is 18.2 Å². The van der Waals surface area contributed by atoms with Gasteiger partial charge in [0, 0.05) is 36.6 Å². The first-order valence-electron chi connectivity index (χ1n) is 8.54. The largest absolute Gasteiger partial charge is 0.372 e. The molecule has 1 aliphatic rings. The van der Waals surface area contributed by atoms with Crippen molar-refractivity contribution in [3.63, 3.8) is 0 Å². The predicted molar refractivity (Wildman–Crippen MR) is 102 cm³/mol. The highest BCUT2D eigenvalue weighted by molar-refractivity contribution is 5.79. The molecule has 142 valence electrons. The Morgan fingerprint density at radius 1 is 0.963 bits per heavy atom. The molecule has 3 rings (SSSR count). The topological polar surface area (TPSA) is 111 Å². The van der Waals surface area contributed by atoms with E-state index in [2.05, 4.69) is 10.2 Å². The Kier molecular flexibility index (Phi) is 5.22. The molecule has 1 aliphatic heterocycles. The van der Waals surface area contributed by atoms with E-state index < -0.39 is 9.85 Å². The summed E-state index contributed by atoms with van der Waals surface area (Å²) >= 11 is 0. The van der Waals surface area contributed by atoms with Crippen LogP contribution in [0, 0.1) is 20.2 Å². The van der Waals surface area contributed by atoms with Gasteiger partial charge in [0.25, 0.3) is 11.4 Å². The van der Waals surface area contributed by atoms with E-state index in [9.17, 15) is 20.2 Å². The SMILES string of the molecule is C[C@@H]1CN(c2ccc(Nc3c([N+](=O)[O-])cccc3[N+](=O)[O-])cc2)C[C@H](C)O1. The maximum Gasteiger partial charge on any atom is 0.299 e. The van der Waals surface area contributed by atoms with Crippen LogP contribution in [0.1, 0.15) is 13.8 Å². The van der Waals surface area contributed by atoms with Gasteiger partial charge in [-0.05, 0) is 44.2 Å². The van der Waals surface area contributed by atoms with Crippen molar-refractivity contribution >= 4 is 28.4 Å². The Bertz CT molecular complexity index is 813. The van der Waals surface area contributed by atoms with Crippen LogP contribution in [0.2, 0.25) is 0 Å². The predicted octanol–water partition coefficient (Wildman–Crippen LogP) is 3.86. The lowest BCUT2D eigenvalue weighted by Gasteiger charge is -2.36. The molecule has 27 heavy (non-hydrogen) atoms. The summed E-state index contributed by atoms with van der Waals surface area (Å²) in [4.78, 5) is 23.4. The van der Waals surface area contributed by atoms with Crippen molar-refractivity contribution in [1.29, 1.82) is 0 Å². The van der Waals surface area contributed by atoms with E-state index in [4.69, 9.17) is 4.74 Å². The third kappa shape index (κ3) is 4.14. The summed E-state index contributed by atoms with van der Waals surface area (Å²) in [7, 11) is 0. The fourth-order valence-corrected chi connectivity index (χ4v) is 3.25. The molecule has 2 aromatic rings. The van der Waals surface area contributed by atoms with Crippen molar-refractivity contribution in [1.82, 2.24) is 0 Å². The average Bonchev–Trinajstić information content (AvgIpc) is 2.61. The zero-order valence-electron chi connectivity index (χ0n) is 15.0. The molecule has 0 unspecified atom stereocenters. The van der Waals surface area contributed by atoms with Crippen LogP contribution in [-0.2, 0) is 4.74 Å². The van der Waals surface area contributed by atoms with Crippen molar-refractivity contribution in [2.45, 2.75) is 26.1 Å². The van der Waals surface area contributed by atoms with Crippen molar-refractivity contribution in [2.24, 2.45) is 0 Å². The second-order valence-corrected chi connectivity index (χ2v) is 6.52. The molecule has 1 N–H and O–H groups in total. The number of hydrogen-bond acceptors (Lipinski definition) is 7. The molecule has 0 saturated carbocycles. The fourth-order valence-electron chi connectivity index (χ4n) is 3.25. The van der Waals surface area contributed by atoms with E-state index in [-0.39, 0.29) is 29.3 Å². The van der Waals surface area contributed by atoms with Crippen LogP contribution in [-0.4, -0.2) is 35.1 Å². The molecule has 9 heteroatoms. The summed E-state index contributed by atoms with van der Waals surface area (Å²) in [6, 6.07) is 11.0. The van der Waals surface area contributed by atoms with E-state index in [0.717, 1.165) is 18.8 Å². The van der Waals surface area contributed by atoms with Crippen LogP contribution in [0.3, 0.4) is 0 Å². The molecule has 0 aromatic heterocycles. The van der Waals surface area contributed by atoms with Crippen LogP contribution in [0.25, 0.3) is 0 Å². The Hall–Kier alpha value is -3.20. The van der Waals surface area contributed by atoms with Crippen LogP contribution in [0.15, 0.2) is 42.5 Å². The highest BCUT2D eigenvalue weighted by Gasteiger charge is 2.25. The molecule has 0 aliphatic carbocycles. The van der Waals surface area contributed by atoms with Crippen LogP contribution < -0.4 is 10.2 Å². The van der Waals surface area contributed by atoms with Gasteiger partial charge in [-0.25, -0.2) is 0 Å². The normalized spacial score (nSPS) is 19.6. The second kappa shape index (κ2) is 7.58. The van der Waals surface area contributed by atoms with Crippen LogP contribution >= 0.6 is 0 Å². The van der Waals surface area contributed by atoms with Gasteiger partial charge in [0.2, 0.25) is 0 Å². The summed E-state index contributed by atoms with van der Waals surface area (Å²) in [6.07, 6.45) is 0.252. The molecule has 1 heterocycles. The smallest absolute Gasteiger partial charge is 0.299 e. The molecule has 9 nitrogen and oxygen atoms in total. The minimum absolute atomic E-state index is 0.126.